The van der Waals surface area contributed by atoms with Crippen LogP contribution in [0.1, 0.15) is 20.3 Å². The van der Waals surface area contributed by atoms with Gasteiger partial charge in [-0.1, -0.05) is 38.2 Å². The second-order valence-electron chi connectivity index (χ2n) is 4.31. The lowest BCUT2D eigenvalue weighted by molar-refractivity contribution is -0.0525. The van der Waals surface area contributed by atoms with E-state index in [0.717, 1.165) is 6.61 Å². The number of rotatable bonds is 0. The van der Waals surface area contributed by atoms with Gasteiger partial charge in [0.25, 0.3) is 0 Å². The van der Waals surface area contributed by atoms with Crippen LogP contribution in [0.15, 0.2) is 24.3 Å². The van der Waals surface area contributed by atoms with Crippen molar-refractivity contribution in [1.29, 1.82) is 0 Å². The van der Waals surface area contributed by atoms with E-state index in [4.69, 9.17) is 4.74 Å². The lowest BCUT2D eigenvalue weighted by atomic mass is 9.73. The molecule has 1 heterocycles. The highest BCUT2D eigenvalue weighted by molar-refractivity contribution is 5.21. The Morgan fingerprint density at radius 2 is 2.25 bits per heavy atom. The summed E-state index contributed by atoms with van der Waals surface area (Å²) in [4.78, 5) is 0. The van der Waals surface area contributed by atoms with E-state index in [1.165, 1.54) is 6.42 Å². The molecule has 2 rings (SSSR count). The second-order valence-corrected chi connectivity index (χ2v) is 4.31. The van der Waals surface area contributed by atoms with E-state index in [-0.39, 0.29) is 5.41 Å². The third kappa shape index (κ3) is 1.22. The monoisotopic (exact) mass is 164 g/mol. The first-order valence-corrected chi connectivity index (χ1v) is 4.68. The summed E-state index contributed by atoms with van der Waals surface area (Å²) in [6, 6.07) is 0. The number of allylic oxidation sites excluding steroid dienone is 2. The summed E-state index contributed by atoms with van der Waals surface area (Å²) >= 11 is 0. The van der Waals surface area contributed by atoms with Crippen molar-refractivity contribution in [3.05, 3.63) is 24.3 Å². The maximum atomic E-state index is 5.76. The van der Waals surface area contributed by atoms with Gasteiger partial charge in [0, 0.05) is 5.41 Å². The molecule has 1 aliphatic carbocycles. The second kappa shape index (κ2) is 2.74. The molecule has 0 radical (unpaired) electrons. The van der Waals surface area contributed by atoms with Crippen molar-refractivity contribution in [3.8, 4) is 0 Å². The first-order valence-electron chi connectivity index (χ1n) is 4.68. The Hall–Kier alpha value is -0.560. The lowest BCUT2D eigenvalue weighted by Crippen LogP contribution is -2.40. The van der Waals surface area contributed by atoms with Gasteiger partial charge in [0.1, 0.15) is 0 Å². The minimum Gasteiger partial charge on any atom is -0.373 e. The average Bonchev–Trinajstić information content (AvgIpc) is 2.02. The highest BCUT2D eigenvalue weighted by Crippen LogP contribution is 2.40. The fourth-order valence-corrected chi connectivity index (χ4v) is 2.26. The Morgan fingerprint density at radius 1 is 1.42 bits per heavy atom. The van der Waals surface area contributed by atoms with Gasteiger partial charge in [0.15, 0.2) is 0 Å². The Bertz CT molecular complexity index is 229. The molecule has 0 amide bonds. The topological polar surface area (TPSA) is 9.23 Å². The lowest BCUT2D eigenvalue weighted by Gasteiger charge is -2.41. The fraction of sp³-hybridized carbons (Fsp3) is 0.636. The molecule has 1 saturated heterocycles. The van der Waals surface area contributed by atoms with Gasteiger partial charge in [0.05, 0.1) is 12.7 Å². The molecule has 1 nitrogen and oxygen atoms in total. The van der Waals surface area contributed by atoms with E-state index < -0.39 is 0 Å². The average molecular weight is 164 g/mol. The highest BCUT2D eigenvalue weighted by Gasteiger charge is 2.37. The molecule has 3 unspecified atom stereocenters. The summed E-state index contributed by atoms with van der Waals surface area (Å²) in [5, 5.41) is 0. The van der Waals surface area contributed by atoms with Gasteiger partial charge < -0.3 is 4.74 Å². The summed E-state index contributed by atoms with van der Waals surface area (Å²) in [5.74, 6) is 0.697. The van der Waals surface area contributed by atoms with Crippen LogP contribution in [0.4, 0.5) is 0 Å². The Labute approximate surface area is 74.1 Å². The molecule has 0 aromatic heterocycles. The molecule has 1 fully saturated rings. The molecule has 66 valence electrons. The van der Waals surface area contributed by atoms with Gasteiger partial charge in [-0.2, -0.15) is 0 Å². The van der Waals surface area contributed by atoms with E-state index in [1.807, 2.05) is 0 Å². The molecule has 0 spiro atoms. The van der Waals surface area contributed by atoms with Crippen molar-refractivity contribution >= 4 is 0 Å². The summed E-state index contributed by atoms with van der Waals surface area (Å²) in [7, 11) is 0. The molecule has 1 heteroatoms. The normalized spacial score (nSPS) is 45.8. The predicted octanol–water partition coefficient (Wildman–Crippen LogP) is 2.54. The standard InChI is InChI=1S/C11H16O/c1-9-7-11(2)6-4-3-5-10(11)12-8-9/h3-6,9-10H,7-8H2,1-2H3. The molecule has 0 aromatic rings. The smallest absolute Gasteiger partial charge is 0.0847 e. The van der Waals surface area contributed by atoms with Crippen molar-refractivity contribution in [1.82, 2.24) is 0 Å². The maximum Gasteiger partial charge on any atom is 0.0847 e. The molecule has 0 N–H and O–H groups in total. The molecule has 0 bridgehead atoms. The first kappa shape index (κ1) is 8.06. The molecule has 3 atom stereocenters. The fourth-order valence-electron chi connectivity index (χ4n) is 2.26. The van der Waals surface area contributed by atoms with Gasteiger partial charge >= 0.3 is 0 Å². The number of fused-ring (bicyclic) bond motifs is 1. The summed E-state index contributed by atoms with van der Waals surface area (Å²) < 4.78 is 5.76. The van der Waals surface area contributed by atoms with Crippen LogP contribution in [0.5, 0.6) is 0 Å². The SMILES string of the molecule is CC1COC2C=CC=CC2(C)C1. The van der Waals surface area contributed by atoms with Crippen molar-refractivity contribution in [2.45, 2.75) is 26.4 Å². The van der Waals surface area contributed by atoms with Gasteiger partial charge in [-0.05, 0) is 12.3 Å². The Morgan fingerprint density at radius 3 is 3.08 bits per heavy atom. The quantitative estimate of drug-likeness (QED) is 0.534. The molecular formula is C11H16O. The molecule has 2 aliphatic rings. The van der Waals surface area contributed by atoms with Gasteiger partial charge in [-0.15, -0.1) is 0 Å². The third-order valence-electron chi connectivity index (χ3n) is 2.87. The van der Waals surface area contributed by atoms with E-state index >= 15 is 0 Å². The van der Waals surface area contributed by atoms with Crippen LogP contribution in [0.2, 0.25) is 0 Å². The van der Waals surface area contributed by atoms with E-state index in [2.05, 4.69) is 38.2 Å². The van der Waals surface area contributed by atoms with Crippen molar-refractivity contribution in [3.63, 3.8) is 0 Å². The first-order chi connectivity index (χ1) is 5.71. The summed E-state index contributed by atoms with van der Waals surface area (Å²) in [6.45, 7) is 5.46. The molecular weight excluding hydrogens is 148 g/mol. The molecule has 0 saturated carbocycles. The zero-order valence-corrected chi connectivity index (χ0v) is 7.79. The van der Waals surface area contributed by atoms with Crippen molar-refractivity contribution in [2.24, 2.45) is 11.3 Å². The summed E-state index contributed by atoms with van der Waals surface area (Å²) in [6.07, 6.45) is 10.2. The van der Waals surface area contributed by atoms with E-state index in [0.29, 0.717) is 12.0 Å². The minimum absolute atomic E-state index is 0.256. The molecule has 1 aliphatic heterocycles. The van der Waals surface area contributed by atoms with E-state index in [1.54, 1.807) is 0 Å². The summed E-state index contributed by atoms with van der Waals surface area (Å²) in [5.41, 5.74) is 0.256. The number of hydrogen-bond acceptors (Lipinski definition) is 1. The van der Waals surface area contributed by atoms with E-state index in [9.17, 15) is 0 Å². The van der Waals surface area contributed by atoms with Crippen molar-refractivity contribution < 1.29 is 4.74 Å². The van der Waals surface area contributed by atoms with Crippen LogP contribution in [0.25, 0.3) is 0 Å². The van der Waals surface area contributed by atoms with Gasteiger partial charge in [-0.3, -0.25) is 0 Å². The van der Waals surface area contributed by atoms with Crippen LogP contribution in [-0.2, 0) is 4.74 Å². The van der Waals surface area contributed by atoms with Crippen LogP contribution >= 0.6 is 0 Å². The van der Waals surface area contributed by atoms with Crippen LogP contribution in [-0.4, -0.2) is 12.7 Å². The third-order valence-corrected chi connectivity index (χ3v) is 2.87. The maximum absolute atomic E-state index is 5.76. The van der Waals surface area contributed by atoms with Crippen LogP contribution in [0, 0.1) is 11.3 Å². The zero-order valence-electron chi connectivity index (χ0n) is 7.79. The zero-order chi connectivity index (χ0) is 8.60. The van der Waals surface area contributed by atoms with Gasteiger partial charge in [-0.25, -0.2) is 0 Å². The predicted molar refractivity (Wildman–Crippen MR) is 49.9 cm³/mol. The van der Waals surface area contributed by atoms with Crippen LogP contribution < -0.4 is 0 Å². The van der Waals surface area contributed by atoms with Crippen LogP contribution in [0.3, 0.4) is 0 Å². The molecule has 0 aromatic carbocycles. The largest absolute Gasteiger partial charge is 0.373 e. The van der Waals surface area contributed by atoms with Crippen molar-refractivity contribution in [2.75, 3.05) is 6.61 Å². The minimum atomic E-state index is 0.256. The number of ether oxygens (including phenoxy) is 1. The van der Waals surface area contributed by atoms with Gasteiger partial charge in [0.2, 0.25) is 0 Å². The Balaban J connectivity index is 2.20. The number of hydrogen-bond donors (Lipinski definition) is 0. The molecule has 12 heavy (non-hydrogen) atoms. The Kier molecular flexibility index (Phi) is 1.84. The highest BCUT2D eigenvalue weighted by atomic mass is 16.5.